The number of aliphatic imine (C=N–C) groups is 1. The second-order valence-corrected chi connectivity index (χ2v) is 10.0. The van der Waals surface area contributed by atoms with Crippen molar-refractivity contribution in [2.75, 3.05) is 19.0 Å². The van der Waals surface area contributed by atoms with E-state index in [0.29, 0.717) is 70.3 Å². The first kappa shape index (κ1) is 29.6. The van der Waals surface area contributed by atoms with Crippen LogP contribution in [-0.4, -0.2) is 41.0 Å². The molecule has 0 radical (unpaired) electrons. The van der Waals surface area contributed by atoms with E-state index in [9.17, 15) is 9.59 Å². The van der Waals surface area contributed by atoms with Crippen molar-refractivity contribution in [3.05, 3.63) is 103 Å². The molecule has 1 aromatic heterocycles. The number of nitrogens with one attached hydrogen (secondary N) is 1. The van der Waals surface area contributed by atoms with Gasteiger partial charge in [0.15, 0.2) is 5.96 Å². The summed E-state index contributed by atoms with van der Waals surface area (Å²) < 4.78 is 13.1. The van der Waals surface area contributed by atoms with Gasteiger partial charge >= 0.3 is 0 Å². The number of anilines is 1. The molecule has 11 nitrogen and oxygen atoms in total. The number of aromatic nitrogens is 2. The number of para-hydroxylation sites is 1. The van der Waals surface area contributed by atoms with Crippen LogP contribution < -0.4 is 32.0 Å². The van der Waals surface area contributed by atoms with Crippen LogP contribution in [0.3, 0.4) is 0 Å². The van der Waals surface area contributed by atoms with Crippen molar-refractivity contribution in [1.82, 2.24) is 9.55 Å². The molecule has 11 heteroatoms. The fourth-order valence-electron chi connectivity index (χ4n) is 4.85. The van der Waals surface area contributed by atoms with Crippen LogP contribution in [0.4, 0.5) is 5.69 Å². The molecule has 0 aliphatic rings. The Labute approximate surface area is 254 Å². The predicted octanol–water partition coefficient (Wildman–Crippen LogP) is 4.84. The van der Waals surface area contributed by atoms with Crippen LogP contribution >= 0.6 is 0 Å². The molecule has 0 saturated carbocycles. The molecule has 0 aliphatic heterocycles. The van der Waals surface area contributed by atoms with E-state index in [1.165, 1.54) is 0 Å². The summed E-state index contributed by atoms with van der Waals surface area (Å²) in [7, 11) is 1.58. The number of carbonyl (C=O) groups is 2. The Kier molecular flexibility index (Phi) is 9.05. The molecule has 0 spiro atoms. The zero-order chi connectivity index (χ0) is 31.1. The lowest BCUT2D eigenvalue weighted by Crippen LogP contribution is -2.27. The summed E-state index contributed by atoms with van der Waals surface area (Å²) in [6.07, 6.45) is 0.870. The highest BCUT2D eigenvalue weighted by Gasteiger charge is 2.25. The van der Waals surface area contributed by atoms with E-state index in [-0.39, 0.29) is 11.9 Å². The van der Waals surface area contributed by atoms with Gasteiger partial charge in [0.25, 0.3) is 5.91 Å². The van der Waals surface area contributed by atoms with Crippen LogP contribution in [0.5, 0.6) is 17.2 Å². The molecule has 5 rings (SSSR count). The van der Waals surface area contributed by atoms with E-state index >= 15 is 0 Å². The van der Waals surface area contributed by atoms with Gasteiger partial charge in [-0.2, -0.15) is 0 Å². The highest BCUT2D eigenvalue weighted by atomic mass is 16.5. The van der Waals surface area contributed by atoms with Crippen molar-refractivity contribution in [2.24, 2.45) is 22.2 Å². The second kappa shape index (κ2) is 13.4. The summed E-state index contributed by atoms with van der Waals surface area (Å²) in [5.41, 5.74) is 19.8. The first-order valence-electron chi connectivity index (χ1n) is 14.0. The number of imidazole rings is 1. The molecule has 0 saturated heterocycles. The molecule has 44 heavy (non-hydrogen) atoms. The lowest BCUT2D eigenvalue weighted by Gasteiger charge is -2.19. The first-order valence-corrected chi connectivity index (χ1v) is 14.0. The average Bonchev–Trinajstić information content (AvgIpc) is 3.40. The van der Waals surface area contributed by atoms with Crippen LogP contribution in [0.2, 0.25) is 0 Å². The largest absolute Gasteiger partial charge is 0.497 e. The minimum atomic E-state index is -0.762. The highest BCUT2D eigenvalue weighted by molar-refractivity contribution is 6.06. The third-order valence-electron chi connectivity index (χ3n) is 6.94. The molecule has 4 aromatic carbocycles. The molecule has 2 amide bonds. The summed E-state index contributed by atoms with van der Waals surface area (Å²) >= 11 is 0. The standard InChI is InChI=1S/C33H33N7O4/c1-43-24-15-13-23(14-16-24)38-32(42)22-12-17-28-27(20-22)39-31(40(28)29(30(34)41)11-6-18-37-33(35)36)21-7-5-10-26(19-21)44-25-8-3-2-4-9-25/h2-5,7-10,12-17,19-20,29H,6,11,18H2,1H3,(H2,34,41)(H,38,42)(H4,35,36,37)/t29-/m1/s1. The summed E-state index contributed by atoms with van der Waals surface area (Å²) in [6.45, 7) is 0.337. The molecule has 5 aromatic rings. The minimum absolute atomic E-state index is 0.0231. The van der Waals surface area contributed by atoms with Crippen molar-refractivity contribution < 1.29 is 19.1 Å². The van der Waals surface area contributed by atoms with Gasteiger partial charge < -0.3 is 36.6 Å². The van der Waals surface area contributed by atoms with Gasteiger partial charge in [-0.05, 0) is 79.6 Å². The van der Waals surface area contributed by atoms with Gasteiger partial charge in [0.05, 0.1) is 18.1 Å². The molecule has 1 atom stereocenters. The Hall–Kier alpha value is -5.84. The second-order valence-electron chi connectivity index (χ2n) is 10.0. The van der Waals surface area contributed by atoms with Crippen LogP contribution in [0.15, 0.2) is 102 Å². The molecular formula is C33H33N7O4. The Morgan fingerprint density at radius 1 is 0.886 bits per heavy atom. The van der Waals surface area contributed by atoms with Gasteiger partial charge in [0, 0.05) is 23.4 Å². The monoisotopic (exact) mass is 591 g/mol. The number of guanidine groups is 1. The number of hydrogen-bond acceptors (Lipinski definition) is 6. The van der Waals surface area contributed by atoms with Gasteiger partial charge in [-0.25, -0.2) is 4.98 Å². The van der Waals surface area contributed by atoms with Crippen molar-refractivity contribution in [2.45, 2.75) is 18.9 Å². The number of nitrogens with zero attached hydrogens (tertiary/aromatic N) is 3. The zero-order valence-electron chi connectivity index (χ0n) is 24.1. The number of nitrogens with two attached hydrogens (primary N) is 3. The maximum Gasteiger partial charge on any atom is 0.255 e. The Morgan fingerprint density at radius 2 is 1.64 bits per heavy atom. The van der Waals surface area contributed by atoms with E-state index in [1.807, 2.05) is 54.6 Å². The van der Waals surface area contributed by atoms with Gasteiger partial charge in [0.1, 0.15) is 29.1 Å². The maximum absolute atomic E-state index is 13.2. The fraction of sp³-hybridized carbons (Fsp3) is 0.152. The summed E-state index contributed by atoms with van der Waals surface area (Å²) in [5, 5.41) is 2.89. The van der Waals surface area contributed by atoms with E-state index in [1.54, 1.807) is 54.1 Å². The van der Waals surface area contributed by atoms with Gasteiger partial charge in [-0.15, -0.1) is 0 Å². The SMILES string of the molecule is COc1ccc(NC(=O)c2ccc3c(c2)nc(-c2cccc(Oc4ccccc4)c2)n3[C@H](CCCN=C(N)N)C(N)=O)cc1. The molecular weight excluding hydrogens is 558 g/mol. The van der Waals surface area contributed by atoms with Crippen LogP contribution in [-0.2, 0) is 4.79 Å². The summed E-state index contributed by atoms with van der Waals surface area (Å²) in [5.74, 6) is 1.59. The first-order chi connectivity index (χ1) is 21.3. The number of amides is 2. The van der Waals surface area contributed by atoms with Gasteiger partial charge in [-0.3, -0.25) is 14.6 Å². The molecule has 0 fully saturated rings. The summed E-state index contributed by atoms with van der Waals surface area (Å²) in [6, 6.07) is 28.3. The number of methoxy groups -OCH3 is 1. The normalized spacial score (nSPS) is 11.5. The predicted molar refractivity (Wildman–Crippen MR) is 171 cm³/mol. The molecule has 0 unspecified atom stereocenters. The smallest absolute Gasteiger partial charge is 0.255 e. The van der Waals surface area contributed by atoms with Crippen molar-refractivity contribution >= 4 is 34.5 Å². The molecule has 0 aliphatic carbocycles. The topological polar surface area (TPSA) is 173 Å². The lowest BCUT2D eigenvalue weighted by atomic mass is 10.1. The van der Waals surface area contributed by atoms with Gasteiger partial charge in [-0.1, -0.05) is 30.3 Å². The van der Waals surface area contributed by atoms with E-state index in [2.05, 4.69) is 10.3 Å². The molecule has 1 heterocycles. The van der Waals surface area contributed by atoms with Crippen LogP contribution in [0.1, 0.15) is 29.2 Å². The van der Waals surface area contributed by atoms with Gasteiger partial charge in [0.2, 0.25) is 5.91 Å². The van der Waals surface area contributed by atoms with Crippen molar-refractivity contribution in [1.29, 1.82) is 0 Å². The quantitative estimate of drug-likeness (QED) is 0.0913. The molecule has 0 bridgehead atoms. The lowest BCUT2D eigenvalue weighted by molar-refractivity contribution is -0.121. The third-order valence-corrected chi connectivity index (χ3v) is 6.94. The fourth-order valence-corrected chi connectivity index (χ4v) is 4.85. The van der Waals surface area contributed by atoms with Crippen molar-refractivity contribution in [3.8, 4) is 28.6 Å². The van der Waals surface area contributed by atoms with Crippen LogP contribution in [0, 0.1) is 0 Å². The Bertz CT molecular complexity index is 1800. The highest BCUT2D eigenvalue weighted by Crippen LogP contribution is 2.33. The number of hydrogen-bond donors (Lipinski definition) is 4. The summed E-state index contributed by atoms with van der Waals surface area (Å²) in [4.78, 5) is 35.0. The number of primary amides is 1. The average molecular weight is 592 g/mol. The third kappa shape index (κ3) is 6.96. The molecule has 224 valence electrons. The minimum Gasteiger partial charge on any atom is -0.497 e. The number of rotatable bonds is 12. The van der Waals surface area contributed by atoms with Crippen molar-refractivity contribution in [3.63, 3.8) is 0 Å². The number of ether oxygens (including phenoxy) is 2. The number of fused-ring (bicyclic) bond motifs is 1. The Balaban J connectivity index is 1.54. The Morgan fingerprint density at radius 3 is 2.34 bits per heavy atom. The van der Waals surface area contributed by atoms with E-state index in [0.717, 1.165) is 0 Å². The zero-order valence-corrected chi connectivity index (χ0v) is 24.1. The van der Waals surface area contributed by atoms with E-state index in [4.69, 9.17) is 31.7 Å². The number of carbonyl (C=O) groups excluding carboxylic acids is 2. The van der Waals surface area contributed by atoms with E-state index < -0.39 is 11.9 Å². The maximum atomic E-state index is 13.2. The number of benzene rings is 4. The van der Waals surface area contributed by atoms with Crippen LogP contribution in [0.25, 0.3) is 22.4 Å². The molecule has 7 N–H and O–H groups in total.